The Morgan fingerprint density at radius 3 is 2.63 bits per heavy atom. The van der Waals surface area contributed by atoms with Gasteiger partial charge in [0, 0.05) is 48.0 Å². The normalized spacial score (nSPS) is 14.5. The Kier molecular flexibility index (Phi) is 6.38. The molecule has 6 nitrogen and oxygen atoms in total. The van der Waals surface area contributed by atoms with Crippen molar-refractivity contribution in [2.75, 3.05) is 25.1 Å². The molecular formula is C23H25BrN4O2. The van der Waals surface area contributed by atoms with Crippen LogP contribution in [0.3, 0.4) is 0 Å². The number of carbonyl (C=O) groups is 1. The van der Waals surface area contributed by atoms with Gasteiger partial charge in [-0.2, -0.15) is 0 Å². The Morgan fingerprint density at radius 1 is 1.20 bits per heavy atom. The number of ether oxygens (including phenoxy) is 1. The maximum atomic E-state index is 12.7. The molecule has 1 aromatic carbocycles. The second kappa shape index (κ2) is 9.34. The zero-order valence-electron chi connectivity index (χ0n) is 16.9. The first kappa shape index (κ1) is 20.5. The van der Waals surface area contributed by atoms with Crippen LogP contribution in [0, 0.1) is 5.92 Å². The van der Waals surface area contributed by atoms with Crippen molar-refractivity contribution >= 4 is 27.7 Å². The van der Waals surface area contributed by atoms with Gasteiger partial charge in [0.25, 0.3) is 0 Å². The average molecular weight is 469 g/mol. The van der Waals surface area contributed by atoms with Crippen LogP contribution in [0.5, 0.6) is 5.75 Å². The molecule has 7 heteroatoms. The fourth-order valence-corrected chi connectivity index (χ4v) is 4.22. The Morgan fingerprint density at radius 2 is 1.97 bits per heavy atom. The molecule has 1 saturated heterocycles. The van der Waals surface area contributed by atoms with E-state index in [0.29, 0.717) is 6.54 Å². The summed E-state index contributed by atoms with van der Waals surface area (Å²) in [6.07, 6.45) is 7.54. The van der Waals surface area contributed by atoms with Gasteiger partial charge in [-0.25, -0.2) is 4.98 Å². The van der Waals surface area contributed by atoms with Crippen molar-refractivity contribution < 1.29 is 9.53 Å². The lowest BCUT2D eigenvalue weighted by molar-refractivity contribution is -0.125. The molecule has 0 unspecified atom stereocenters. The van der Waals surface area contributed by atoms with Crippen LogP contribution in [-0.4, -0.2) is 35.7 Å². The third kappa shape index (κ3) is 4.67. The highest BCUT2D eigenvalue weighted by molar-refractivity contribution is 9.10. The van der Waals surface area contributed by atoms with Crippen molar-refractivity contribution in [3.8, 4) is 11.4 Å². The highest BCUT2D eigenvalue weighted by Gasteiger charge is 2.25. The Balaban J connectivity index is 1.30. The molecule has 1 fully saturated rings. The van der Waals surface area contributed by atoms with Gasteiger partial charge in [0.15, 0.2) is 0 Å². The molecule has 0 saturated carbocycles. The van der Waals surface area contributed by atoms with Crippen LogP contribution in [-0.2, 0) is 11.3 Å². The molecule has 4 rings (SSSR count). The van der Waals surface area contributed by atoms with Gasteiger partial charge in [0.2, 0.25) is 5.91 Å². The van der Waals surface area contributed by atoms with Gasteiger partial charge in [-0.15, -0.1) is 0 Å². The van der Waals surface area contributed by atoms with Gasteiger partial charge in [0.05, 0.1) is 19.0 Å². The summed E-state index contributed by atoms with van der Waals surface area (Å²) in [4.78, 5) is 19.5. The Hall–Kier alpha value is -2.80. The van der Waals surface area contributed by atoms with E-state index in [2.05, 4.69) is 43.3 Å². The van der Waals surface area contributed by atoms with Crippen LogP contribution in [0.2, 0.25) is 0 Å². The van der Waals surface area contributed by atoms with Crippen LogP contribution in [0.15, 0.2) is 65.5 Å². The highest BCUT2D eigenvalue weighted by Crippen LogP contribution is 2.25. The first-order valence-corrected chi connectivity index (χ1v) is 10.9. The van der Waals surface area contributed by atoms with Gasteiger partial charge < -0.3 is 19.5 Å². The molecule has 1 aliphatic rings. The molecule has 2 aromatic heterocycles. The minimum atomic E-state index is 0.0264. The number of halogens is 1. The van der Waals surface area contributed by atoms with E-state index < -0.39 is 0 Å². The zero-order chi connectivity index (χ0) is 20.9. The third-order valence-electron chi connectivity index (χ3n) is 5.52. The number of aromatic nitrogens is 2. The molecular weight excluding hydrogens is 444 g/mol. The average Bonchev–Trinajstić information content (AvgIpc) is 3.33. The van der Waals surface area contributed by atoms with E-state index >= 15 is 0 Å². The maximum Gasteiger partial charge on any atom is 0.223 e. The predicted molar refractivity (Wildman–Crippen MR) is 121 cm³/mol. The lowest BCUT2D eigenvalue weighted by atomic mass is 9.95. The molecule has 3 aromatic rings. The van der Waals surface area contributed by atoms with Crippen LogP contribution >= 0.6 is 15.9 Å². The standard InChI is InChI=1S/C23H25BrN4O2/c1-30-21-6-4-19(24)14-18(21)15-26-23(29)17-8-12-28(13-9-17)22-7-5-20(16-25-22)27-10-2-3-11-27/h2-7,10-11,14,16-17H,8-9,12-13,15H2,1H3,(H,26,29). The maximum absolute atomic E-state index is 12.7. The molecule has 0 spiro atoms. The molecule has 1 N–H and O–H groups in total. The van der Waals surface area contributed by atoms with E-state index in [-0.39, 0.29) is 11.8 Å². The molecule has 1 aliphatic heterocycles. The van der Waals surface area contributed by atoms with E-state index in [1.54, 1.807) is 7.11 Å². The number of amides is 1. The summed E-state index contributed by atoms with van der Waals surface area (Å²) in [6, 6.07) is 13.9. The molecule has 156 valence electrons. The van der Waals surface area contributed by atoms with E-state index in [1.165, 1.54) is 0 Å². The molecule has 30 heavy (non-hydrogen) atoms. The van der Waals surface area contributed by atoms with Gasteiger partial charge >= 0.3 is 0 Å². The summed E-state index contributed by atoms with van der Waals surface area (Å²) >= 11 is 3.47. The number of hydrogen-bond acceptors (Lipinski definition) is 4. The SMILES string of the molecule is COc1ccc(Br)cc1CNC(=O)C1CCN(c2ccc(-n3cccc3)cn2)CC1. The van der Waals surface area contributed by atoms with Gasteiger partial charge in [-0.1, -0.05) is 15.9 Å². The number of benzene rings is 1. The lowest BCUT2D eigenvalue weighted by Crippen LogP contribution is -2.40. The first-order valence-electron chi connectivity index (χ1n) is 10.1. The summed E-state index contributed by atoms with van der Waals surface area (Å²) in [5.41, 5.74) is 2.01. The predicted octanol–water partition coefficient (Wildman–Crippen LogP) is 4.18. The van der Waals surface area contributed by atoms with E-state index in [1.807, 2.05) is 53.5 Å². The number of carbonyl (C=O) groups excluding carboxylic acids is 1. The third-order valence-corrected chi connectivity index (χ3v) is 6.01. The topological polar surface area (TPSA) is 59.4 Å². The minimum Gasteiger partial charge on any atom is -0.496 e. The fraction of sp³-hybridized carbons (Fsp3) is 0.304. The van der Waals surface area contributed by atoms with Crippen LogP contribution in [0.4, 0.5) is 5.82 Å². The Bertz CT molecular complexity index is 981. The van der Waals surface area contributed by atoms with Gasteiger partial charge in [-0.05, 0) is 55.3 Å². The summed E-state index contributed by atoms with van der Waals surface area (Å²) in [6.45, 7) is 2.12. The molecule has 0 atom stereocenters. The van der Waals surface area contributed by atoms with Crippen molar-refractivity contribution in [3.05, 3.63) is 71.1 Å². The second-order valence-corrected chi connectivity index (χ2v) is 8.32. The molecule has 0 aliphatic carbocycles. The summed E-state index contributed by atoms with van der Waals surface area (Å²) < 4.78 is 8.39. The van der Waals surface area contributed by atoms with E-state index in [4.69, 9.17) is 4.74 Å². The minimum absolute atomic E-state index is 0.0264. The number of methoxy groups -OCH3 is 1. The molecule has 0 radical (unpaired) electrons. The summed E-state index contributed by atoms with van der Waals surface area (Å²) in [5, 5.41) is 3.07. The lowest BCUT2D eigenvalue weighted by Gasteiger charge is -2.32. The quantitative estimate of drug-likeness (QED) is 0.589. The number of piperidine rings is 1. The first-order chi connectivity index (χ1) is 14.6. The fourth-order valence-electron chi connectivity index (χ4n) is 3.81. The van der Waals surface area contributed by atoms with Crippen molar-refractivity contribution in [3.63, 3.8) is 0 Å². The second-order valence-electron chi connectivity index (χ2n) is 7.40. The number of pyridine rings is 1. The number of nitrogens with one attached hydrogen (secondary N) is 1. The van der Waals surface area contributed by atoms with Crippen molar-refractivity contribution in [1.29, 1.82) is 0 Å². The zero-order valence-corrected chi connectivity index (χ0v) is 18.5. The van der Waals surface area contributed by atoms with Crippen molar-refractivity contribution in [2.45, 2.75) is 19.4 Å². The molecule has 0 bridgehead atoms. The Labute approximate surface area is 185 Å². The number of anilines is 1. The summed E-state index contributed by atoms with van der Waals surface area (Å²) in [7, 11) is 1.64. The monoisotopic (exact) mass is 468 g/mol. The smallest absolute Gasteiger partial charge is 0.223 e. The van der Waals surface area contributed by atoms with Crippen molar-refractivity contribution in [2.24, 2.45) is 5.92 Å². The van der Waals surface area contributed by atoms with Crippen LogP contribution in [0.25, 0.3) is 5.69 Å². The summed E-state index contributed by atoms with van der Waals surface area (Å²) in [5.74, 6) is 1.87. The van der Waals surface area contributed by atoms with Gasteiger partial charge in [0.1, 0.15) is 11.6 Å². The van der Waals surface area contributed by atoms with E-state index in [9.17, 15) is 4.79 Å². The number of rotatable bonds is 6. The van der Waals surface area contributed by atoms with Gasteiger partial charge in [-0.3, -0.25) is 4.79 Å². The van der Waals surface area contributed by atoms with E-state index in [0.717, 1.165) is 53.2 Å². The van der Waals surface area contributed by atoms with Crippen molar-refractivity contribution in [1.82, 2.24) is 14.9 Å². The largest absolute Gasteiger partial charge is 0.496 e. The van der Waals surface area contributed by atoms with Crippen LogP contribution < -0.4 is 15.0 Å². The number of hydrogen-bond donors (Lipinski definition) is 1. The van der Waals surface area contributed by atoms with Crippen LogP contribution in [0.1, 0.15) is 18.4 Å². The highest BCUT2D eigenvalue weighted by atomic mass is 79.9. The number of nitrogens with zero attached hydrogens (tertiary/aromatic N) is 3. The molecule has 3 heterocycles. The molecule has 1 amide bonds.